The number of ketones is 1. The summed E-state index contributed by atoms with van der Waals surface area (Å²) >= 11 is 0. The fourth-order valence-corrected chi connectivity index (χ4v) is 3.26. The summed E-state index contributed by atoms with van der Waals surface area (Å²) in [6.07, 6.45) is 0.532. The molecule has 0 unspecified atom stereocenters. The predicted molar refractivity (Wildman–Crippen MR) is 124 cm³/mol. The van der Waals surface area contributed by atoms with Crippen molar-refractivity contribution < 1.29 is 23.7 Å². The second-order valence-corrected chi connectivity index (χ2v) is 6.90. The average molecular weight is 434 g/mol. The molecule has 0 aliphatic heterocycles. The second kappa shape index (κ2) is 11.6. The maximum atomic E-state index is 13.0. The highest BCUT2D eigenvalue weighted by atomic mass is 16.5. The minimum absolute atomic E-state index is 0.0829. The molecule has 0 N–H and O–H groups in total. The van der Waals surface area contributed by atoms with Gasteiger partial charge in [0.05, 0.1) is 21.3 Å². The number of Topliss-reactive ketones (excluding diaryl/α,β-unsaturated/α-hetero) is 1. The van der Waals surface area contributed by atoms with Crippen LogP contribution >= 0.6 is 0 Å². The summed E-state index contributed by atoms with van der Waals surface area (Å²) in [5.74, 6) is 1.53. The van der Waals surface area contributed by atoms with Crippen LogP contribution in [0.15, 0.2) is 77.8 Å². The van der Waals surface area contributed by atoms with Crippen LogP contribution in [0.1, 0.15) is 21.5 Å². The van der Waals surface area contributed by atoms with Gasteiger partial charge in [-0.25, -0.2) is 4.99 Å². The summed E-state index contributed by atoms with van der Waals surface area (Å²) in [5.41, 5.74) is 2.38. The first-order chi connectivity index (χ1) is 15.7. The van der Waals surface area contributed by atoms with Gasteiger partial charge in [-0.2, -0.15) is 0 Å². The maximum absolute atomic E-state index is 13.0. The Morgan fingerprint density at radius 3 is 2.06 bits per heavy atom. The fourth-order valence-electron chi connectivity index (χ4n) is 3.26. The molecular weight excluding hydrogens is 406 g/mol. The molecule has 0 bridgehead atoms. The molecule has 0 amide bonds. The lowest BCUT2D eigenvalue weighted by molar-refractivity contribution is 0.102. The zero-order valence-corrected chi connectivity index (χ0v) is 18.5. The van der Waals surface area contributed by atoms with Crippen molar-refractivity contribution >= 4 is 11.7 Å². The van der Waals surface area contributed by atoms with E-state index in [1.54, 1.807) is 33.5 Å². The molecule has 166 valence electrons. The monoisotopic (exact) mass is 433 g/mol. The van der Waals surface area contributed by atoms with Crippen LogP contribution in [-0.4, -0.2) is 39.6 Å². The van der Waals surface area contributed by atoms with E-state index in [0.717, 1.165) is 11.1 Å². The second-order valence-electron chi connectivity index (χ2n) is 6.90. The zero-order chi connectivity index (χ0) is 22.8. The van der Waals surface area contributed by atoms with Crippen LogP contribution in [0, 0.1) is 0 Å². The number of hydrogen-bond acceptors (Lipinski definition) is 6. The molecule has 0 radical (unpaired) electrons. The lowest BCUT2D eigenvalue weighted by Crippen LogP contribution is -2.19. The van der Waals surface area contributed by atoms with Crippen LogP contribution in [-0.2, 0) is 17.8 Å². The van der Waals surface area contributed by atoms with Gasteiger partial charge in [0.25, 0.3) is 5.90 Å². The van der Waals surface area contributed by atoms with Gasteiger partial charge in [0.1, 0.15) is 6.61 Å². The lowest BCUT2D eigenvalue weighted by atomic mass is 10.1. The summed E-state index contributed by atoms with van der Waals surface area (Å²) in [6.45, 7) is 0.604. The fraction of sp³-hybridized carbons (Fsp3) is 0.231. The maximum Gasteiger partial charge on any atom is 0.258 e. The third-order valence-corrected chi connectivity index (χ3v) is 4.87. The van der Waals surface area contributed by atoms with Gasteiger partial charge < -0.3 is 18.9 Å². The highest BCUT2D eigenvalue weighted by Crippen LogP contribution is 2.39. The molecule has 6 nitrogen and oxygen atoms in total. The van der Waals surface area contributed by atoms with Crippen LogP contribution in [0.25, 0.3) is 0 Å². The van der Waals surface area contributed by atoms with E-state index in [1.165, 1.54) is 0 Å². The average Bonchev–Trinajstić information content (AvgIpc) is 2.86. The molecule has 0 fully saturated rings. The molecular formula is C26H27NO5. The van der Waals surface area contributed by atoms with E-state index in [9.17, 15) is 4.79 Å². The Bertz CT molecular complexity index is 1050. The van der Waals surface area contributed by atoms with Crippen molar-refractivity contribution in [3.8, 4) is 17.2 Å². The standard InChI is InChI=1S/C26H27NO5/c1-29-22-15-14-21(24(30-2)25(22)31-3)16-17-27-26(23(28)20-12-8-5-9-13-20)32-18-19-10-6-4-7-11-19/h4-15H,16-18H2,1-3H3. The molecule has 3 rings (SSSR count). The highest BCUT2D eigenvalue weighted by Gasteiger charge is 2.18. The van der Waals surface area contributed by atoms with Crippen molar-refractivity contribution in [1.82, 2.24) is 0 Å². The van der Waals surface area contributed by atoms with Crippen molar-refractivity contribution in [2.24, 2.45) is 4.99 Å². The van der Waals surface area contributed by atoms with Crippen molar-refractivity contribution in [3.63, 3.8) is 0 Å². The van der Waals surface area contributed by atoms with Crippen molar-refractivity contribution in [2.75, 3.05) is 27.9 Å². The first-order valence-electron chi connectivity index (χ1n) is 10.3. The molecule has 0 aliphatic rings. The molecule has 0 aromatic heterocycles. The Morgan fingerprint density at radius 1 is 0.781 bits per heavy atom. The minimum Gasteiger partial charge on any atom is -0.493 e. The Balaban J connectivity index is 1.80. The molecule has 0 atom stereocenters. The summed E-state index contributed by atoms with van der Waals surface area (Å²) in [5, 5.41) is 0. The number of methoxy groups -OCH3 is 3. The van der Waals surface area contributed by atoms with Crippen molar-refractivity contribution in [3.05, 3.63) is 89.5 Å². The summed E-state index contributed by atoms with van der Waals surface area (Å²) < 4.78 is 22.2. The Morgan fingerprint density at radius 2 is 1.44 bits per heavy atom. The number of carbonyl (C=O) groups excluding carboxylic acids is 1. The van der Waals surface area contributed by atoms with E-state index in [4.69, 9.17) is 18.9 Å². The van der Waals surface area contributed by atoms with Crippen LogP contribution in [0.3, 0.4) is 0 Å². The highest BCUT2D eigenvalue weighted by molar-refractivity contribution is 6.42. The number of ether oxygens (including phenoxy) is 4. The summed E-state index contributed by atoms with van der Waals surface area (Å²) in [4.78, 5) is 17.5. The molecule has 0 spiro atoms. The number of hydrogen-bond donors (Lipinski definition) is 0. The Kier molecular flexibility index (Phi) is 8.26. The molecule has 0 saturated carbocycles. The van der Waals surface area contributed by atoms with E-state index in [-0.39, 0.29) is 18.3 Å². The first-order valence-corrected chi connectivity index (χ1v) is 10.3. The van der Waals surface area contributed by atoms with Crippen LogP contribution < -0.4 is 14.2 Å². The van der Waals surface area contributed by atoms with E-state index in [1.807, 2.05) is 60.7 Å². The molecule has 0 saturated heterocycles. The molecule has 6 heteroatoms. The van der Waals surface area contributed by atoms with Gasteiger partial charge in [0.15, 0.2) is 11.5 Å². The summed E-state index contributed by atoms with van der Waals surface area (Å²) in [7, 11) is 4.72. The number of benzene rings is 3. The van der Waals surface area contributed by atoms with Gasteiger partial charge in [-0.1, -0.05) is 66.7 Å². The topological polar surface area (TPSA) is 66.4 Å². The largest absolute Gasteiger partial charge is 0.493 e. The van der Waals surface area contributed by atoms with E-state index in [2.05, 4.69) is 4.99 Å². The zero-order valence-electron chi connectivity index (χ0n) is 18.5. The molecule has 0 aliphatic carbocycles. The smallest absolute Gasteiger partial charge is 0.258 e. The molecule has 3 aromatic carbocycles. The molecule has 3 aromatic rings. The molecule has 32 heavy (non-hydrogen) atoms. The predicted octanol–water partition coefficient (Wildman–Crippen LogP) is 4.75. The van der Waals surface area contributed by atoms with E-state index in [0.29, 0.717) is 35.8 Å². The van der Waals surface area contributed by atoms with Crippen molar-refractivity contribution in [2.45, 2.75) is 13.0 Å². The van der Waals surface area contributed by atoms with E-state index < -0.39 is 0 Å². The third-order valence-electron chi connectivity index (χ3n) is 4.87. The van der Waals surface area contributed by atoms with Gasteiger partial charge in [-0.15, -0.1) is 0 Å². The number of rotatable bonds is 10. The molecule has 0 heterocycles. The number of aliphatic imine (C=N–C) groups is 1. The van der Waals surface area contributed by atoms with Crippen LogP contribution in [0.2, 0.25) is 0 Å². The summed E-state index contributed by atoms with van der Waals surface area (Å²) in [6, 6.07) is 22.4. The van der Waals surface area contributed by atoms with Gasteiger partial charge >= 0.3 is 0 Å². The first kappa shape index (κ1) is 22.9. The minimum atomic E-state index is -0.249. The normalized spacial score (nSPS) is 11.0. The van der Waals surface area contributed by atoms with E-state index >= 15 is 0 Å². The van der Waals surface area contributed by atoms with Crippen LogP contribution in [0.4, 0.5) is 0 Å². The van der Waals surface area contributed by atoms with Crippen molar-refractivity contribution in [1.29, 1.82) is 0 Å². The van der Waals surface area contributed by atoms with Gasteiger partial charge in [-0.05, 0) is 18.1 Å². The van der Waals surface area contributed by atoms with Crippen LogP contribution in [0.5, 0.6) is 17.2 Å². The Hall–Kier alpha value is -3.80. The SMILES string of the molecule is COc1ccc(CCN=C(OCc2ccccc2)C(=O)c2ccccc2)c(OC)c1OC. The number of carbonyl (C=O) groups is 1. The lowest BCUT2D eigenvalue weighted by Gasteiger charge is -2.15. The van der Waals surface area contributed by atoms with Gasteiger partial charge in [0.2, 0.25) is 11.5 Å². The quantitative estimate of drug-likeness (QED) is 0.262. The van der Waals surface area contributed by atoms with Gasteiger partial charge in [0, 0.05) is 17.7 Å². The van der Waals surface area contributed by atoms with Gasteiger partial charge in [-0.3, -0.25) is 4.79 Å². The Labute approximate surface area is 188 Å². The third kappa shape index (κ3) is 5.66. The number of nitrogens with zero attached hydrogens (tertiary/aromatic N) is 1.